The number of furan rings is 1. The standard InChI is InChI=1S/C19H21N3O6.C3H4F2O2.CH4O/c1-10(17(23)22-11(2)18(24)25)9-14-7-8-15(27-14)19(26)28-13-5-3-12(4-6-13)16(20)21;1-3(4,5)2(6)7;1-2/h3-8,10-11H,9H2,1-2H3,(H3,20,21)(H,22,23)(H,24,25);1H3,(H,6,7);2H,1H3. The first kappa shape index (κ1) is 32.7. The van der Waals surface area contributed by atoms with Crippen molar-refractivity contribution in [2.24, 2.45) is 11.7 Å². The number of aliphatic carboxylic acids is 2. The van der Waals surface area contributed by atoms with E-state index in [0.29, 0.717) is 18.2 Å². The SMILES string of the molecule is CC(Cc1ccc(C(=O)Oc2ccc(C(=N)N)cc2)o1)C(=O)NC(C)C(=O)O.CC(F)(F)C(=O)O.CO. The van der Waals surface area contributed by atoms with Crippen molar-refractivity contribution in [3.63, 3.8) is 0 Å². The first-order valence-electron chi connectivity index (χ1n) is 10.5. The fraction of sp³-hybridized carbons (Fsp3) is 0.348. The van der Waals surface area contributed by atoms with Crippen molar-refractivity contribution in [2.45, 2.75) is 39.2 Å². The first-order valence-corrected chi connectivity index (χ1v) is 10.5. The predicted molar refractivity (Wildman–Crippen MR) is 126 cm³/mol. The summed E-state index contributed by atoms with van der Waals surface area (Å²) >= 11 is 0. The van der Waals surface area contributed by atoms with E-state index >= 15 is 0 Å². The molecular formula is C23H29F2N3O9. The number of carboxylic acid groups (broad SMARTS) is 2. The quantitative estimate of drug-likeness (QED) is 0.120. The Morgan fingerprint density at radius 2 is 1.59 bits per heavy atom. The van der Waals surface area contributed by atoms with Gasteiger partial charge in [0.25, 0.3) is 0 Å². The molecule has 0 saturated carbocycles. The van der Waals surface area contributed by atoms with Crippen LogP contribution in [0.3, 0.4) is 0 Å². The van der Waals surface area contributed by atoms with Gasteiger partial charge < -0.3 is 35.5 Å². The largest absolute Gasteiger partial charge is 0.480 e. The summed E-state index contributed by atoms with van der Waals surface area (Å²) in [5.41, 5.74) is 5.87. The Morgan fingerprint density at radius 3 is 2.03 bits per heavy atom. The Kier molecular flexibility index (Phi) is 13.2. The molecule has 2 rings (SSSR count). The van der Waals surface area contributed by atoms with E-state index in [2.05, 4.69) is 5.32 Å². The van der Waals surface area contributed by atoms with Gasteiger partial charge >= 0.3 is 23.8 Å². The number of alkyl halides is 2. The van der Waals surface area contributed by atoms with E-state index in [4.69, 9.17) is 35.6 Å². The third-order valence-electron chi connectivity index (χ3n) is 4.30. The number of ether oxygens (including phenoxy) is 1. The van der Waals surface area contributed by atoms with Crippen molar-refractivity contribution in [3.8, 4) is 5.75 Å². The maximum atomic E-state index is 12.2. The zero-order valence-corrected chi connectivity index (χ0v) is 20.5. The summed E-state index contributed by atoms with van der Waals surface area (Å²) in [5.74, 6) is -7.95. The van der Waals surface area contributed by atoms with E-state index in [-0.39, 0.29) is 23.8 Å². The van der Waals surface area contributed by atoms with Gasteiger partial charge in [-0.3, -0.25) is 15.0 Å². The number of carbonyl (C=O) groups excluding carboxylic acids is 2. The molecule has 2 atom stereocenters. The molecule has 0 saturated heterocycles. The molecule has 12 nitrogen and oxygen atoms in total. The third-order valence-corrected chi connectivity index (χ3v) is 4.30. The third kappa shape index (κ3) is 11.8. The van der Waals surface area contributed by atoms with Gasteiger partial charge in [0.15, 0.2) is 0 Å². The molecule has 0 radical (unpaired) electrons. The molecule has 0 aliphatic carbocycles. The van der Waals surface area contributed by atoms with Crippen LogP contribution < -0.4 is 15.8 Å². The van der Waals surface area contributed by atoms with Crippen molar-refractivity contribution in [2.75, 3.05) is 7.11 Å². The summed E-state index contributed by atoms with van der Waals surface area (Å²) < 4.78 is 33.1. The summed E-state index contributed by atoms with van der Waals surface area (Å²) in [5, 5.41) is 33.0. The minimum atomic E-state index is -3.58. The number of hydrogen-bond acceptors (Lipinski definition) is 8. The number of amides is 1. The summed E-state index contributed by atoms with van der Waals surface area (Å²) in [7, 11) is 1.00. The second-order valence-corrected chi connectivity index (χ2v) is 7.46. The Morgan fingerprint density at radius 1 is 1.08 bits per heavy atom. The highest BCUT2D eigenvalue weighted by Crippen LogP contribution is 2.17. The molecule has 37 heavy (non-hydrogen) atoms. The maximum Gasteiger partial charge on any atom is 0.379 e. The van der Waals surface area contributed by atoms with Crippen LogP contribution in [0.1, 0.15) is 42.6 Å². The normalized spacial score (nSPS) is 11.9. The Labute approximate surface area is 210 Å². The second kappa shape index (κ2) is 14.9. The monoisotopic (exact) mass is 529 g/mol. The van der Waals surface area contributed by atoms with Crippen molar-refractivity contribution >= 4 is 29.7 Å². The minimum absolute atomic E-state index is 0.0304. The number of nitrogens with one attached hydrogen (secondary N) is 2. The number of benzene rings is 1. The van der Waals surface area contributed by atoms with Crippen molar-refractivity contribution in [1.82, 2.24) is 5.32 Å². The number of esters is 1. The highest BCUT2D eigenvalue weighted by molar-refractivity contribution is 5.95. The van der Waals surface area contributed by atoms with Gasteiger partial charge in [-0.25, -0.2) is 9.59 Å². The molecule has 2 aromatic rings. The van der Waals surface area contributed by atoms with Crippen LogP contribution in [-0.2, 0) is 20.8 Å². The van der Waals surface area contributed by atoms with Gasteiger partial charge in [-0.15, -0.1) is 0 Å². The van der Waals surface area contributed by atoms with Crippen LogP contribution in [-0.4, -0.2) is 64.0 Å². The van der Waals surface area contributed by atoms with E-state index in [1.165, 1.54) is 25.1 Å². The van der Waals surface area contributed by atoms with Gasteiger partial charge in [0.2, 0.25) is 11.7 Å². The van der Waals surface area contributed by atoms with Crippen LogP contribution in [0.5, 0.6) is 5.75 Å². The first-order chi connectivity index (χ1) is 17.1. The lowest BCUT2D eigenvalue weighted by atomic mass is 10.1. The van der Waals surface area contributed by atoms with Crippen LogP contribution in [0.4, 0.5) is 8.78 Å². The number of aliphatic hydroxyl groups is 1. The smallest absolute Gasteiger partial charge is 0.379 e. The molecule has 1 amide bonds. The molecule has 1 aromatic carbocycles. The molecule has 0 aliphatic rings. The van der Waals surface area contributed by atoms with Gasteiger partial charge in [-0.2, -0.15) is 8.78 Å². The molecule has 0 spiro atoms. The van der Waals surface area contributed by atoms with Crippen molar-refractivity contribution in [3.05, 3.63) is 53.5 Å². The molecule has 0 aliphatic heterocycles. The number of carbonyl (C=O) groups is 4. The lowest BCUT2D eigenvalue weighted by Crippen LogP contribution is -2.41. The van der Waals surface area contributed by atoms with Crippen LogP contribution in [0, 0.1) is 11.3 Å². The van der Waals surface area contributed by atoms with Crippen LogP contribution in [0.2, 0.25) is 0 Å². The number of rotatable bonds is 9. The number of nitrogen functional groups attached to an aromatic ring is 1. The Bertz CT molecular complexity index is 1080. The lowest BCUT2D eigenvalue weighted by Gasteiger charge is -2.13. The summed E-state index contributed by atoms with van der Waals surface area (Å²) in [4.78, 5) is 44.2. The van der Waals surface area contributed by atoms with Crippen LogP contribution >= 0.6 is 0 Å². The molecule has 0 bridgehead atoms. The maximum absolute atomic E-state index is 12.2. The zero-order valence-electron chi connectivity index (χ0n) is 20.5. The van der Waals surface area contributed by atoms with Gasteiger partial charge in [0, 0.05) is 31.9 Å². The lowest BCUT2D eigenvalue weighted by molar-refractivity contribution is -0.162. The molecule has 0 fully saturated rings. The summed E-state index contributed by atoms with van der Waals surface area (Å²) in [6, 6.07) is 8.12. The topological polar surface area (TPSA) is 213 Å². The van der Waals surface area contributed by atoms with E-state index in [9.17, 15) is 28.0 Å². The van der Waals surface area contributed by atoms with Gasteiger partial charge in [-0.05, 0) is 43.3 Å². The summed E-state index contributed by atoms with van der Waals surface area (Å²) in [6.45, 7) is 3.33. The van der Waals surface area contributed by atoms with E-state index in [0.717, 1.165) is 7.11 Å². The fourth-order valence-electron chi connectivity index (χ4n) is 2.27. The van der Waals surface area contributed by atoms with E-state index < -0.39 is 41.7 Å². The minimum Gasteiger partial charge on any atom is -0.480 e. The van der Waals surface area contributed by atoms with Gasteiger partial charge in [0.1, 0.15) is 23.4 Å². The molecule has 14 heteroatoms. The Balaban J connectivity index is 0.00000124. The average molecular weight is 529 g/mol. The number of nitrogens with two attached hydrogens (primary N) is 1. The molecule has 204 valence electrons. The van der Waals surface area contributed by atoms with Crippen molar-refractivity contribution < 1.29 is 52.4 Å². The highest BCUT2D eigenvalue weighted by Gasteiger charge is 2.31. The van der Waals surface area contributed by atoms with Gasteiger partial charge in [0.05, 0.1) is 0 Å². The second-order valence-electron chi connectivity index (χ2n) is 7.46. The number of amidine groups is 1. The molecule has 1 heterocycles. The number of aliphatic hydroxyl groups excluding tert-OH is 1. The molecule has 2 unspecified atom stereocenters. The highest BCUT2D eigenvalue weighted by atomic mass is 19.3. The molecule has 1 aromatic heterocycles. The molecular weight excluding hydrogens is 500 g/mol. The van der Waals surface area contributed by atoms with E-state index in [1.54, 1.807) is 25.1 Å². The molecule has 7 N–H and O–H groups in total. The number of halogens is 2. The Hall–Kier alpha value is -4.33. The number of hydrogen-bond donors (Lipinski definition) is 6. The summed E-state index contributed by atoms with van der Waals surface area (Å²) in [6.07, 6.45) is 0.193. The zero-order chi connectivity index (χ0) is 28.9. The number of carboxylic acids is 2. The van der Waals surface area contributed by atoms with Crippen LogP contribution in [0.25, 0.3) is 0 Å². The average Bonchev–Trinajstić information content (AvgIpc) is 3.29. The fourth-order valence-corrected chi connectivity index (χ4v) is 2.27. The van der Waals surface area contributed by atoms with Crippen molar-refractivity contribution in [1.29, 1.82) is 5.41 Å². The van der Waals surface area contributed by atoms with Crippen LogP contribution in [0.15, 0.2) is 40.8 Å². The predicted octanol–water partition coefficient (Wildman–Crippen LogP) is 1.89. The van der Waals surface area contributed by atoms with E-state index in [1.807, 2.05) is 0 Å². The van der Waals surface area contributed by atoms with Gasteiger partial charge in [-0.1, -0.05) is 6.92 Å².